The number of ether oxygens (including phenoxy) is 1. The number of carbonyl (C=O) groups excluding carboxylic acids is 1. The minimum Gasteiger partial charge on any atom is -0.496 e. The van der Waals surface area contributed by atoms with Gasteiger partial charge in [-0.3, -0.25) is 4.79 Å². The lowest BCUT2D eigenvalue weighted by molar-refractivity contribution is 0.0968. The summed E-state index contributed by atoms with van der Waals surface area (Å²) in [6.07, 6.45) is 0.728. The van der Waals surface area contributed by atoms with Gasteiger partial charge in [0.05, 0.1) is 18.7 Å². The zero-order valence-electron chi connectivity index (χ0n) is 11.6. The molecule has 20 heavy (non-hydrogen) atoms. The first-order valence-electron chi connectivity index (χ1n) is 6.72. The van der Waals surface area contributed by atoms with Gasteiger partial charge in [-0.15, -0.1) is 0 Å². The molecule has 1 aliphatic heterocycles. The molecular weight excluding hydrogens is 250 g/mol. The van der Waals surface area contributed by atoms with Crippen molar-refractivity contribution < 1.29 is 9.53 Å². The summed E-state index contributed by atoms with van der Waals surface area (Å²) in [6.45, 7) is 1.98. The fourth-order valence-electron chi connectivity index (χ4n) is 2.66. The molecule has 0 aliphatic carbocycles. The SMILES string of the molecule is COc1ccc(C)cc1C(=O)C1Cc2ccccc2N1. The molecule has 3 heteroatoms. The van der Waals surface area contributed by atoms with E-state index in [1.165, 1.54) is 5.56 Å². The highest BCUT2D eigenvalue weighted by Crippen LogP contribution is 2.29. The Hall–Kier alpha value is -2.29. The fraction of sp³-hybridized carbons (Fsp3) is 0.235. The molecule has 1 aliphatic rings. The second-order valence-electron chi connectivity index (χ2n) is 5.13. The van der Waals surface area contributed by atoms with Crippen LogP contribution in [0.5, 0.6) is 5.75 Å². The number of hydrogen-bond acceptors (Lipinski definition) is 3. The third-order valence-corrected chi connectivity index (χ3v) is 3.71. The van der Waals surface area contributed by atoms with E-state index in [1.807, 2.05) is 43.3 Å². The maximum absolute atomic E-state index is 12.7. The van der Waals surface area contributed by atoms with Gasteiger partial charge in [0, 0.05) is 12.1 Å². The Bertz CT molecular complexity index is 639. The summed E-state index contributed by atoms with van der Waals surface area (Å²) < 4.78 is 5.31. The van der Waals surface area contributed by atoms with E-state index in [1.54, 1.807) is 7.11 Å². The van der Waals surface area contributed by atoms with E-state index in [-0.39, 0.29) is 11.8 Å². The van der Waals surface area contributed by atoms with Crippen LogP contribution in [0.25, 0.3) is 0 Å². The van der Waals surface area contributed by atoms with Gasteiger partial charge in [0.25, 0.3) is 0 Å². The summed E-state index contributed by atoms with van der Waals surface area (Å²) in [5, 5.41) is 3.30. The van der Waals surface area contributed by atoms with Crippen molar-refractivity contribution >= 4 is 11.5 Å². The number of carbonyl (C=O) groups is 1. The van der Waals surface area contributed by atoms with E-state index in [0.29, 0.717) is 11.3 Å². The highest BCUT2D eigenvalue weighted by Gasteiger charge is 2.28. The number of hydrogen-bond donors (Lipinski definition) is 1. The highest BCUT2D eigenvalue weighted by molar-refractivity contribution is 6.05. The second-order valence-corrected chi connectivity index (χ2v) is 5.13. The van der Waals surface area contributed by atoms with Crippen LogP contribution in [0.1, 0.15) is 21.5 Å². The van der Waals surface area contributed by atoms with Crippen molar-refractivity contribution in [3.05, 3.63) is 59.2 Å². The van der Waals surface area contributed by atoms with E-state index in [9.17, 15) is 4.79 Å². The van der Waals surface area contributed by atoms with Crippen LogP contribution >= 0.6 is 0 Å². The zero-order chi connectivity index (χ0) is 14.1. The molecule has 0 radical (unpaired) electrons. The predicted molar refractivity (Wildman–Crippen MR) is 79.6 cm³/mol. The van der Waals surface area contributed by atoms with Gasteiger partial charge in [0.15, 0.2) is 5.78 Å². The molecule has 3 nitrogen and oxygen atoms in total. The maximum atomic E-state index is 12.7. The molecule has 0 spiro atoms. The Morgan fingerprint density at radius 1 is 1.25 bits per heavy atom. The van der Waals surface area contributed by atoms with Crippen molar-refractivity contribution in [2.75, 3.05) is 12.4 Å². The van der Waals surface area contributed by atoms with Crippen LogP contribution in [0.4, 0.5) is 5.69 Å². The maximum Gasteiger partial charge on any atom is 0.189 e. The number of nitrogens with one attached hydrogen (secondary N) is 1. The van der Waals surface area contributed by atoms with E-state index < -0.39 is 0 Å². The quantitative estimate of drug-likeness (QED) is 0.868. The normalized spacial score (nSPS) is 16.4. The number of rotatable bonds is 3. The third kappa shape index (κ3) is 2.16. The third-order valence-electron chi connectivity index (χ3n) is 3.71. The van der Waals surface area contributed by atoms with Crippen LogP contribution in [-0.4, -0.2) is 18.9 Å². The standard InChI is InChI=1S/C17H17NO2/c1-11-7-8-16(20-2)13(9-11)17(19)15-10-12-5-3-4-6-14(12)18-15/h3-9,15,18H,10H2,1-2H3. The summed E-state index contributed by atoms with van der Waals surface area (Å²) in [4.78, 5) is 12.7. The number of methoxy groups -OCH3 is 1. The largest absolute Gasteiger partial charge is 0.496 e. The minimum absolute atomic E-state index is 0.0850. The topological polar surface area (TPSA) is 38.3 Å². The van der Waals surface area contributed by atoms with Gasteiger partial charge in [-0.05, 0) is 30.7 Å². The number of para-hydroxylation sites is 1. The lowest BCUT2D eigenvalue weighted by atomic mass is 9.99. The van der Waals surface area contributed by atoms with Crippen LogP contribution in [0.2, 0.25) is 0 Å². The van der Waals surface area contributed by atoms with Crippen LogP contribution in [-0.2, 0) is 6.42 Å². The summed E-state index contributed by atoms with van der Waals surface area (Å²) in [7, 11) is 1.60. The van der Waals surface area contributed by atoms with Crippen LogP contribution in [0.3, 0.4) is 0 Å². The molecule has 1 unspecified atom stereocenters. The number of benzene rings is 2. The molecule has 1 heterocycles. The first-order valence-corrected chi connectivity index (χ1v) is 6.72. The lowest BCUT2D eigenvalue weighted by Gasteiger charge is -2.13. The predicted octanol–water partition coefficient (Wildman–Crippen LogP) is 3.22. The van der Waals surface area contributed by atoms with E-state index in [2.05, 4.69) is 11.4 Å². The van der Waals surface area contributed by atoms with Crippen molar-refractivity contribution in [2.24, 2.45) is 0 Å². The molecule has 2 aromatic rings. The molecule has 1 atom stereocenters. The Balaban J connectivity index is 1.90. The van der Waals surface area contributed by atoms with Crippen molar-refractivity contribution in [1.29, 1.82) is 0 Å². The molecule has 1 N–H and O–H groups in total. The van der Waals surface area contributed by atoms with Gasteiger partial charge in [0.2, 0.25) is 0 Å². The Labute approximate surface area is 118 Å². The average Bonchev–Trinajstić information content (AvgIpc) is 2.90. The lowest BCUT2D eigenvalue weighted by Crippen LogP contribution is -2.27. The summed E-state index contributed by atoms with van der Waals surface area (Å²) in [6, 6.07) is 13.5. The number of anilines is 1. The molecular formula is C17H17NO2. The number of aryl methyl sites for hydroxylation is 1. The molecule has 0 saturated heterocycles. The van der Waals surface area contributed by atoms with Gasteiger partial charge < -0.3 is 10.1 Å². The van der Waals surface area contributed by atoms with E-state index in [4.69, 9.17) is 4.74 Å². The van der Waals surface area contributed by atoms with Gasteiger partial charge in [-0.2, -0.15) is 0 Å². The minimum atomic E-state index is -0.205. The number of Topliss-reactive ketones (excluding diaryl/α,β-unsaturated/α-hetero) is 1. The van der Waals surface area contributed by atoms with Crippen LogP contribution < -0.4 is 10.1 Å². The zero-order valence-corrected chi connectivity index (χ0v) is 11.6. The molecule has 102 valence electrons. The average molecular weight is 267 g/mol. The van der Waals surface area contributed by atoms with Crippen molar-refractivity contribution in [2.45, 2.75) is 19.4 Å². The van der Waals surface area contributed by atoms with Crippen LogP contribution in [0.15, 0.2) is 42.5 Å². The number of fused-ring (bicyclic) bond motifs is 1. The Morgan fingerprint density at radius 2 is 2.05 bits per heavy atom. The molecule has 0 saturated carbocycles. The second kappa shape index (κ2) is 5.00. The van der Waals surface area contributed by atoms with Gasteiger partial charge in [-0.25, -0.2) is 0 Å². The molecule has 3 rings (SSSR count). The van der Waals surface area contributed by atoms with Gasteiger partial charge in [-0.1, -0.05) is 29.8 Å². The van der Waals surface area contributed by atoms with Crippen molar-refractivity contribution in [1.82, 2.24) is 0 Å². The fourth-order valence-corrected chi connectivity index (χ4v) is 2.66. The summed E-state index contributed by atoms with van der Waals surface area (Å²) >= 11 is 0. The first-order chi connectivity index (χ1) is 9.69. The molecule has 0 fully saturated rings. The van der Waals surface area contributed by atoms with Gasteiger partial charge >= 0.3 is 0 Å². The molecule has 0 aromatic heterocycles. The Kier molecular flexibility index (Phi) is 3.18. The first kappa shape index (κ1) is 12.7. The Morgan fingerprint density at radius 3 is 2.80 bits per heavy atom. The van der Waals surface area contributed by atoms with Crippen molar-refractivity contribution in [3.8, 4) is 5.75 Å². The molecule has 2 aromatic carbocycles. The van der Waals surface area contributed by atoms with E-state index in [0.717, 1.165) is 17.7 Å². The van der Waals surface area contributed by atoms with E-state index >= 15 is 0 Å². The highest BCUT2D eigenvalue weighted by atomic mass is 16.5. The molecule has 0 amide bonds. The molecule has 0 bridgehead atoms. The monoisotopic (exact) mass is 267 g/mol. The number of ketones is 1. The smallest absolute Gasteiger partial charge is 0.189 e. The summed E-state index contributed by atoms with van der Waals surface area (Å²) in [5.74, 6) is 0.722. The van der Waals surface area contributed by atoms with Gasteiger partial charge in [0.1, 0.15) is 5.75 Å². The van der Waals surface area contributed by atoms with Crippen molar-refractivity contribution in [3.63, 3.8) is 0 Å². The van der Waals surface area contributed by atoms with Crippen LogP contribution in [0, 0.1) is 6.92 Å². The summed E-state index contributed by atoms with van der Waals surface area (Å²) in [5.41, 5.74) is 3.96.